The van der Waals surface area contributed by atoms with Crippen LogP contribution in [0.2, 0.25) is 0 Å². The predicted octanol–water partition coefficient (Wildman–Crippen LogP) is 5.52. The molecule has 0 aliphatic heterocycles. The smallest absolute Gasteiger partial charge is 0.0929 e. The molecule has 0 spiro atoms. The molecule has 100 valence electrons. The fourth-order valence-electron chi connectivity index (χ4n) is 2.62. The first-order chi connectivity index (χ1) is 8.72. The maximum absolute atomic E-state index is 6.38. The Hall–Kier alpha value is 0.390. The summed E-state index contributed by atoms with van der Waals surface area (Å²) < 4.78 is 8.55. The monoisotopic (exact) mass is 422 g/mol. The lowest BCUT2D eigenvalue weighted by Gasteiger charge is -2.32. The molecule has 3 heteroatoms. The molecule has 1 aromatic rings. The third-order valence-corrected chi connectivity index (χ3v) is 5.29. The summed E-state index contributed by atoms with van der Waals surface area (Å²) in [5.41, 5.74) is 1.28. The van der Waals surface area contributed by atoms with E-state index in [1.165, 1.54) is 31.2 Å². The molecule has 0 radical (unpaired) electrons. The quantitative estimate of drug-likeness (QED) is 0.458. The van der Waals surface area contributed by atoms with Gasteiger partial charge in [0.05, 0.1) is 12.2 Å². The standard InChI is InChI=1S/C15H20BrIO/c1-11-6-2-5-9-14(11)18-15(10-17)12-7-3-4-8-13(12)16/h3-4,7-8,11,14-15H,2,5-6,9-10H2,1H3. The minimum atomic E-state index is 0.215. The van der Waals surface area contributed by atoms with Crippen molar-refractivity contribution in [1.29, 1.82) is 0 Å². The molecule has 1 saturated carbocycles. The molecule has 0 N–H and O–H groups in total. The molecule has 3 atom stereocenters. The molecule has 1 aromatic carbocycles. The van der Waals surface area contributed by atoms with Gasteiger partial charge >= 0.3 is 0 Å². The van der Waals surface area contributed by atoms with Gasteiger partial charge in [-0.15, -0.1) is 0 Å². The molecule has 0 heterocycles. The molecular weight excluding hydrogens is 403 g/mol. The van der Waals surface area contributed by atoms with Crippen molar-refractivity contribution in [3.63, 3.8) is 0 Å². The second-order valence-corrected chi connectivity index (χ2v) is 6.84. The molecule has 18 heavy (non-hydrogen) atoms. The van der Waals surface area contributed by atoms with E-state index < -0.39 is 0 Å². The first-order valence-electron chi connectivity index (χ1n) is 6.68. The van der Waals surface area contributed by atoms with E-state index in [1.54, 1.807) is 0 Å². The van der Waals surface area contributed by atoms with Crippen LogP contribution in [0.4, 0.5) is 0 Å². The van der Waals surface area contributed by atoms with E-state index in [9.17, 15) is 0 Å². The van der Waals surface area contributed by atoms with Crippen LogP contribution in [0.1, 0.15) is 44.3 Å². The summed E-state index contributed by atoms with van der Waals surface area (Å²) >= 11 is 6.06. The van der Waals surface area contributed by atoms with Crippen LogP contribution >= 0.6 is 38.5 Å². The highest BCUT2D eigenvalue weighted by atomic mass is 127. The van der Waals surface area contributed by atoms with E-state index in [4.69, 9.17) is 4.74 Å². The lowest BCUT2D eigenvalue weighted by Crippen LogP contribution is -2.28. The number of benzene rings is 1. The molecular formula is C15H20BrIO. The summed E-state index contributed by atoms with van der Waals surface area (Å²) in [7, 11) is 0. The third-order valence-electron chi connectivity index (χ3n) is 3.76. The van der Waals surface area contributed by atoms with E-state index in [-0.39, 0.29) is 6.10 Å². The van der Waals surface area contributed by atoms with Crippen LogP contribution in [0.3, 0.4) is 0 Å². The normalized spacial score (nSPS) is 25.9. The summed E-state index contributed by atoms with van der Waals surface area (Å²) in [6.07, 6.45) is 5.87. The molecule has 1 aliphatic carbocycles. The zero-order valence-electron chi connectivity index (χ0n) is 10.7. The maximum Gasteiger partial charge on any atom is 0.0929 e. The van der Waals surface area contributed by atoms with Crippen molar-refractivity contribution >= 4 is 38.5 Å². The van der Waals surface area contributed by atoms with Gasteiger partial charge in [0.1, 0.15) is 0 Å². The molecule has 1 fully saturated rings. The Morgan fingerprint density at radius 3 is 2.72 bits per heavy atom. The Labute approximate surface area is 132 Å². The van der Waals surface area contributed by atoms with Gasteiger partial charge in [-0.1, -0.05) is 76.5 Å². The number of hydrogen-bond donors (Lipinski definition) is 0. The van der Waals surface area contributed by atoms with Crippen molar-refractivity contribution in [2.75, 3.05) is 4.43 Å². The van der Waals surface area contributed by atoms with Crippen LogP contribution in [-0.4, -0.2) is 10.5 Å². The molecule has 1 aliphatic rings. The predicted molar refractivity (Wildman–Crippen MR) is 88.3 cm³/mol. The van der Waals surface area contributed by atoms with E-state index >= 15 is 0 Å². The van der Waals surface area contributed by atoms with Crippen LogP contribution in [0.15, 0.2) is 28.7 Å². The zero-order chi connectivity index (χ0) is 13.0. The topological polar surface area (TPSA) is 9.23 Å². The van der Waals surface area contributed by atoms with Gasteiger partial charge in [-0.2, -0.15) is 0 Å². The Bertz CT molecular complexity index is 383. The van der Waals surface area contributed by atoms with Crippen molar-refractivity contribution < 1.29 is 4.74 Å². The molecule has 0 amide bonds. The van der Waals surface area contributed by atoms with E-state index in [2.05, 4.69) is 69.7 Å². The highest BCUT2D eigenvalue weighted by molar-refractivity contribution is 14.1. The molecule has 1 nitrogen and oxygen atoms in total. The van der Waals surface area contributed by atoms with Crippen LogP contribution in [0.25, 0.3) is 0 Å². The molecule has 2 rings (SSSR count). The Morgan fingerprint density at radius 1 is 1.33 bits per heavy atom. The van der Waals surface area contributed by atoms with E-state index in [1.807, 2.05) is 0 Å². The Morgan fingerprint density at radius 2 is 2.06 bits per heavy atom. The highest BCUT2D eigenvalue weighted by Gasteiger charge is 2.26. The third kappa shape index (κ3) is 3.70. The van der Waals surface area contributed by atoms with Gasteiger partial charge in [-0.05, 0) is 30.4 Å². The largest absolute Gasteiger partial charge is 0.369 e. The van der Waals surface area contributed by atoms with Crippen molar-refractivity contribution in [1.82, 2.24) is 0 Å². The first kappa shape index (κ1) is 14.8. The Kier molecular flexibility index (Phi) is 5.96. The average Bonchev–Trinajstić information content (AvgIpc) is 2.39. The second kappa shape index (κ2) is 7.25. The second-order valence-electron chi connectivity index (χ2n) is 5.10. The molecule has 0 saturated heterocycles. The van der Waals surface area contributed by atoms with Crippen LogP contribution in [0.5, 0.6) is 0 Å². The van der Waals surface area contributed by atoms with Crippen molar-refractivity contribution in [3.05, 3.63) is 34.3 Å². The number of alkyl halides is 1. The van der Waals surface area contributed by atoms with Gasteiger partial charge in [-0.3, -0.25) is 0 Å². The van der Waals surface area contributed by atoms with Gasteiger partial charge in [0.25, 0.3) is 0 Å². The summed E-state index contributed by atoms with van der Waals surface area (Å²) in [5, 5.41) is 0. The summed E-state index contributed by atoms with van der Waals surface area (Å²) in [6, 6.07) is 8.41. The number of ether oxygens (including phenoxy) is 1. The molecule has 0 aromatic heterocycles. The zero-order valence-corrected chi connectivity index (χ0v) is 14.5. The fourth-order valence-corrected chi connectivity index (χ4v) is 3.85. The average molecular weight is 423 g/mol. The van der Waals surface area contributed by atoms with Gasteiger partial charge < -0.3 is 4.74 Å². The van der Waals surface area contributed by atoms with Crippen LogP contribution < -0.4 is 0 Å². The van der Waals surface area contributed by atoms with Crippen molar-refractivity contribution in [2.24, 2.45) is 5.92 Å². The van der Waals surface area contributed by atoms with Gasteiger partial charge in [0.15, 0.2) is 0 Å². The minimum absolute atomic E-state index is 0.215. The molecule has 0 bridgehead atoms. The van der Waals surface area contributed by atoms with Gasteiger partial charge in [0, 0.05) is 8.90 Å². The molecule has 3 unspecified atom stereocenters. The lowest BCUT2D eigenvalue weighted by molar-refractivity contribution is -0.0464. The number of hydrogen-bond acceptors (Lipinski definition) is 1. The summed E-state index contributed by atoms with van der Waals surface area (Å²) in [5.74, 6) is 0.701. The number of rotatable bonds is 4. The first-order valence-corrected chi connectivity index (χ1v) is 9.00. The lowest BCUT2D eigenvalue weighted by atomic mass is 9.88. The highest BCUT2D eigenvalue weighted by Crippen LogP contribution is 2.34. The minimum Gasteiger partial charge on any atom is -0.369 e. The van der Waals surface area contributed by atoms with E-state index in [0.29, 0.717) is 12.0 Å². The van der Waals surface area contributed by atoms with Crippen LogP contribution in [-0.2, 0) is 4.74 Å². The summed E-state index contributed by atoms with van der Waals surface area (Å²) in [4.78, 5) is 0. The Balaban J connectivity index is 2.07. The van der Waals surface area contributed by atoms with Crippen LogP contribution in [0, 0.1) is 5.92 Å². The summed E-state index contributed by atoms with van der Waals surface area (Å²) in [6.45, 7) is 2.33. The maximum atomic E-state index is 6.38. The SMILES string of the molecule is CC1CCCCC1OC(CI)c1ccccc1Br. The fraction of sp³-hybridized carbons (Fsp3) is 0.600. The number of halogens is 2. The van der Waals surface area contributed by atoms with E-state index in [0.717, 1.165) is 8.90 Å². The van der Waals surface area contributed by atoms with Gasteiger partial charge in [0.2, 0.25) is 0 Å². The van der Waals surface area contributed by atoms with Crippen molar-refractivity contribution in [3.8, 4) is 0 Å². The van der Waals surface area contributed by atoms with Crippen molar-refractivity contribution in [2.45, 2.75) is 44.8 Å². The van der Waals surface area contributed by atoms with Gasteiger partial charge in [-0.25, -0.2) is 0 Å².